The van der Waals surface area contributed by atoms with Crippen molar-refractivity contribution in [2.24, 2.45) is 11.7 Å². The average Bonchev–Trinajstić information content (AvgIpc) is 2.08. The van der Waals surface area contributed by atoms with Gasteiger partial charge in [0.1, 0.15) is 0 Å². The zero-order valence-corrected chi connectivity index (χ0v) is 9.19. The molecule has 1 heteroatoms. The zero-order valence-electron chi connectivity index (χ0n) is 9.19. The molecule has 0 saturated heterocycles. The van der Waals surface area contributed by atoms with E-state index in [9.17, 15) is 0 Å². The Balaban J connectivity index is 0.000000561. The van der Waals surface area contributed by atoms with Crippen molar-refractivity contribution >= 4 is 0 Å². The van der Waals surface area contributed by atoms with E-state index in [2.05, 4.69) is 13.8 Å². The first-order valence-corrected chi connectivity index (χ1v) is 5.39. The highest BCUT2D eigenvalue weighted by Gasteiger charge is 2.25. The van der Waals surface area contributed by atoms with Crippen LogP contribution in [0.3, 0.4) is 0 Å². The Bertz CT molecular complexity index is 96.1. The van der Waals surface area contributed by atoms with Crippen LogP contribution in [-0.4, -0.2) is 5.54 Å². The van der Waals surface area contributed by atoms with Crippen molar-refractivity contribution in [3.05, 3.63) is 0 Å². The Morgan fingerprint density at radius 1 is 1.00 bits per heavy atom. The van der Waals surface area contributed by atoms with Gasteiger partial charge in [0.25, 0.3) is 0 Å². The Morgan fingerprint density at radius 2 is 1.42 bits per heavy atom. The molecule has 0 radical (unpaired) electrons. The van der Waals surface area contributed by atoms with E-state index < -0.39 is 0 Å². The Labute approximate surface area is 77.7 Å². The zero-order chi connectivity index (χ0) is 9.61. The second-order valence-electron chi connectivity index (χ2n) is 4.16. The van der Waals surface area contributed by atoms with Crippen LogP contribution in [0.15, 0.2) is 0 Å². The van der Waals surface area contributed by atoms with Crippen molar-refractivity contribution < 1.29 is 0 Å². The molecule has 12 heavy (non-hydrogen) atoms. The van der Waals surface area contributed by atoms with Crippen LogP contribution < -0.4 is 5.73 Å². The molecule has 2 N–H and O–H groups in total. The third kappa shape index (κ3) is 4.10. The Morgan fingerprint density at radius 3 is 1.67 bits per heavy atom. The standard InChI is InChI=1S/C9H19N.C2H6/c1-9(2,10)8-6-4-3-5-7-8;1-2/h8H,3-7,10H2,1-2H3;1-2H3. The summed E-state index contributed by atoms with van der Waals surface area (Å²) in [6.07, 6.45) is 6.91. The van der Waals surface area contributed by atoms with Gasteiger partial charge >= 0.3 is 0 Å². The lowest BCUT2D eigenvalue weighted by Gasteiger charge is -2.33. The SMILES string of the molecule is CC.CC(C)(N)C1CCCCC1. The number of hydrogen-bond donors (Lipinski definition) is 1. The quantitative estimate of drug-likeness (QED) is 0.643. The van der Waals surface area contributed by atoms with Crippen molar-refractivity contribution in [1.29, 1.82) is 0 Å². The maximum Gasteiger partial charge on any atom is 0.0125 e. The fourth-order valence-corrected chi connectivity index (χ4v) is 1.85. The van der Waals surface area contributed by atoms with E-state index in [1.54, 1.807) is 0 Å². The fourth-order valence-electron chi connectivity index (χ4n) is 1.85. The maximum absolute atomic E-state index is 6.01. The number of rotatable bonds is 1. The highest BCUT2D eigenvalue weighted by Crippen LogP contribution is 2.30. The first-order chi connectivity index (χ1) is 5.61. The van der Waals surface area contributed by atoms with Gasteiger partial charge in [-0.3, -0.25) is 0 Å². The lowest BCUT2D eigenvalue weighted by atomic mass is 9.77. The monoisotopic (exact) mass is 171 g/mol. The minimum Gasteiger partial charge on any atom is -0.325 e. The van der Waals surface area contributed by atoms with Gasteiger partial charge in [-0.05, 0) is 32.6 Å². The summed E-state index contributed by atoms with van der Waals surface area (Å²) in [7, 11) is 0. The molecule has 0 atom stereocenters. The van der Waals surface area contributed by atoms with E-state index in [1.807, 2.05) is 13.8 Å². The molecule has 1 rings (SSSR count). The minimum absolute atomic E-state index is 0.0699. The van der Waals surface area contributed by atoms with Gasteiger partial charge in [0.05, 0.1) is 0 Å². The van der Waals surface area contributed by atoms with E-state index in [0.29, 0.717) is 0 Å². The summed E-state index contributed by atoms with van der Waals surface area (Å²) in [5, 5.41) is 0. The van der Waals surface area contributed by atoms with Crippen molar-refractivity contribution in [3.8, 4) is 0 Å². The largest absolute Gasteiger partial charge is 0.325 e. The Hall–Kier alpha value is -0.0400. The third-order valence-corrected chi connectivity index (χ3v) is 2.66. The molecule has 0 aliphatic heterocycles. The van der Waals surface area contributed by atoms with Crippen molar-refractivity contribution in [2.75, 3.05) is 0 Å². The lowest BCUT2D eigenvalue weighted by molar-refractivity contribution is 0.240. The fraction of sp³-hybridized carbons (Fsp3) is 1.00. The molecule has 74 valence electrons. The molecule has 0 bridgehead atoms. The first-order valence-electron chi connectivity index (χ1n) is 5.39. The van der Waals surface area contributed by atoms with Crippen LogP contribution in [0.1, 0.15) is 59.8 Å². The molecule has 1 aliphatic carbocycles. The molecule has 0 aromatic rings. The lowest BCUT2D eigenvalue weighted by Crippen LogP contribution is -2.41. The summed E-state index contributed by atoms with van der Waals surface area (Å²) in [4.78, 5) is 0. The van der Waals surface area contributed by atoms with Gasteiger partial charge in [0.15, 0.2) is 0 Å². The van der Waals surface area contributed by atoms with E-state index >= 15 is 0 Å². The number of hydrogen-bond acceptors (Lipinski definition) is 1. The topological polar surface area (TPSA) is 26.0 Å². The maximum atomic E-state index is 6.01. The van der Waals surface area contributed by atoms with Crippen molar-refractivity contribution in [2.45, 2.75) is 65.3 Å². The van der Waals surface area contributed by atoms with E-state index in [0.717, 1.165) is 5.92 Å². The summed E-state index contributed by atoms with van der Waals surface area (Å²) < 4.78 is 0. The van der Waals surface area contributed by atoms with Gasteiger partial charge in [-0.25, -0.2) is 0 Å². The number of nitrogens with two attached hydrogens (primary N) is 1. The molecule has 0 unspecified atom stereocenters. The van der Waals surface area contributed by atoms with Gasteiger partial charge < -0.3 is 5.73 Å². The summed E-state index contributed by atoms with van der Waals surface area (Å²) in [6, 6.07) is 0. The molecular formula is C11H25N. The summed E-state index contributed by atoms with van der Waals surface area (Å²) in [6.45, 7) is 8.31. The van der Waals surface area contributed by atoms with E-state index in [-0.39, 0.29) is 5.54 Å². The van der Waals surface area contributed by atoms with Crippen LogP contribution in [0.4, 0.5) is 0 Å². The van der Waals surface area contributed by atoms with Crippen molar-refractivity contribution in [3.63, 3.8) is 0 Å². The highest BCUT2D eigenvalue weighted by molar-refractivity contribution is 4.83. The second kappa shape index (κ2) is 5.58. The van der Waals surface area contributed by atoms with Crippen LogP contribution in [0.2, 0.25) is 0 Å². The summed E-state index contributed by atoms with van der Waals surface area (Å²) in [5.41, 5.74) is 6.08. The van der Waals surface area contributed by atoms with Gasteiger partial charge in [-0.15, -0.1) is 0 Å². The molecule has 1 nitrogen and oxygen atoms in total. The average molecular weight is 171 g/mol. The van der Waals surface area contributed by atoms with Crippen LogP contribution >= 0.6 is 0 Å². The van der Waals surface area contributed by atoms with E-state index in [1.165, 1.54) is 32.1 Å². The second-order valence-corrected chi connectivity index (χ2v) is 4.16. The third-order valence-electron chi connectivity index (χ3n) is 2.66. The molecule has 0 heterocycles. The molecule has 0 amide bonds. The molecular weight excluding hydrogens is 146 g/mol. The van der Waals surface area contributed by atoms with Gasteiger partial charge in [0.2, 0.25) is 0 Å². The molecule has 1 aliphatic rings. The van der Waals surface area contributed by atoms with Crippen LogP contribution in [0, 0.1) is 5.92 Å². The normalized spacial score (nSPS) is 19.8. The molecule has 0 aromatic heterocycles. The van der Waals surface area contributed by atoms with Crippen LogP contribution in [-0.2, 0) is 0 Å². The molecule has 0 aromatic carbocycles. The smallest absolute Gasteiger partial charge is 0.0125 e. The predicted octanol–water partition coefficient (Wildman–Crippen LogP) is 3.33. The highest BCUT2D eigenvalue weighted by atomic mass is 14.7. The summed E-state index contributed by atoms with van der Waals surface area (Å²) >= 11 is 0. The van der Waals surface area contributed by atoms with Gasteiger partial charge in [0, 0.05) is 5.54 Å². The Kier molecular flexibility index (Phi) is 5.56. The molecule has 0 spiro atoms. The van der Waals surface area contributed by atoms with Crippen molar-refractivity contribution in [1.82, 2.24) is 0 Å². The molecule has 1 fully saturated rings. The van der Waals surface area contributed by atoms with Gasteiger partial charge in [-0.2, -0.15) is 0 Å². The van der Waals surface area contributed by atoms with Gasteiger partial charge in [-0.1, -0.05) is 33.1 Å². The van der Waals surface area contributed by atoms with E-state index in [4.69, 9.17) is 5.73 Å². The first kappa shape index (κ1) is 12.0. The van der Waals surface area contributed by atoms with Crippen LogP contribution in [0.5, 0.6) is 0 Å². The summed E-state index contributed by atoms with van der Waals surface area (Å²) in [5.74, 6) is 0.779. The van der Waals surface area contributed by atoms with Crippen LogP contribution in [0.25, 0.3) is 0 Å². The minimum atomic E-state index is 0.0699. The molecule has 1 saturated carbocycles. The predicted molar refractivity (Wildman–Crippen MR) is 56.2 cm³/mol.